The normalized spacial score (nSPS) is 18.5. The summed E-state index contributed by atoms with van der Waals surface area (Å²) in [7, 11) is 5.77. The molecule has 0 aliphatic carbocycles. The van der Waals surface area contributed by atoms with Crippen LogP contribution in [0.1, 0.15) is 254 Å². The van der Waals surface area contributed by atoms with Gasteiger partial charge < -0.3 is 29.9 Å². The van der Waals surface area contributed by atoms with E-state index in [2.05, 4.69) is 58.1 Å². The second-order valence-electron chi connectivity index (χ2n) is 30.4. The SMILES string of the molecule is CCCN(C(=O)[C@@H](CC(=O)[C@H]1CCCCN1C)[C@@H](C)CC)[C@H](C[C@@H](OC(C)=O)c1nc(C(=O)N[C@@H](Cc2ccccc2)C[C@H](C)C(C)=O)cs1)C(C)C.CC[C@H](C)[C@H](CC(=O)[C@H]1CCCCN1C)C(=O)N(C)[C@H](C[C@@H](OC(C)=O)c1nc(C(=O)N[C@@H](Cc2ccccc2)C[C@H](C)C(C)=O)cs1)C(C)C. The van der Waals surface area contributed by atoms with Crippen molar-refractivity contribution in [3.8, 4) is 0 Å². The fraction of sp³-hybridized carbons (Fsp3) is 0.659. The number of piperidine rings is 2. The largest absolute Gasteiger partial charge is 0.455 e. The fourth-order valence-corrected chi connectivity index (χ4v) is 16.1. The van der Waals surface area contributed by atoms with E-state index in [1.165, 1.54) is 36.5 Å². The number of likely N-dealkylation sites (N-methyl/N-ethyl adjacent to an activating group) is 2. The second kappa shape index (κ2) is 43.7. The van der Waals surface area contributed by atoms with Crippen molar-refractivity contribution in [3.63, 3.8) is 0 Å². The van der Waals surface area contributed by atoms with E-state index in [0.717, 1.165) is 82.0 Å². The predicted molar refractivity (Wildman–Crippen MR) is 412 cm³/mol. The van der Waals surface area contributed by atoms with E-state index in [1.54, 1.807) is 36.6 Å². The third-order valence-corrected chi connectivity index (χ3v) is 23.4. The molecule has 6 rings (SSSR count). The molecule has 576 valence electrons. The van der Waals surface area contributed by atoms with Gasteiger partial charge in [0.15, 0.2) is 23.8 Å². The van der Waals surface area contributed by atoms with Crippen LogP contribution in [-0.4, -0.2) is 165 Å². The van der Waals surface area contributed by atoms with Crippen LogP contribution < -0.4 is 10.6 Å². The van der Waals surface area contributed by atoms with Crippen molar-refractivity contribution in [2.75, 3.05) is 40.8 Å². The van der Waals surface area contributed by atoms with Crippen LogP contribution in [0.15, 0.2) is 71.4 Å². The number of amides is 4. The summed E-state index contributed by atoms with van der Waals surface area (Å²) >= 11 is 2.48. The van der Waals surface area contributed by atoms with Gasteiger partial charge in [0.25, 0.3) is 11.8 Å². The lowest BCUT2D eigenvalue weighted by molar-refractivity contribution is -0.151. The quantitative estimate of drug-likeness (QED) is 0.0393. The number of benzene rings is 2. The van der Waals surface area contributed by atoms with E-state index in [4.69, 9.17) is 9.47 Å². The van der Waals surface area contributed by atoms with Gasteiger partial charge in [0.1, 0.15) is 33.0 Å². The summed E-state index contributed by atoms with van der Waals surface area (Å²) in [4.78, 5) is 150. The Morgan fingerprint density at radius 3 is 1.27 bits per heavy atom. The summed E-state index contributed by atoms with van der Waals surface area (Å²) < 4.78 is 11.7. The molecule has 0 bridgehead atoms. The highest BCUT2D eigenvalue weighted by Gasteiger charge is 2.41. The smallest absolute Gasteiger partial charge is 0.303 e. The van der Waals surface area contributed by atoms with Gasteiger partial charge in [0, 0.05) is 112 Å². The number of nitrogens with zero attached hydrogens (tertiary/aromatic N) is 6. The first-order valence-electron chi connectivity index (χ1n) is 38.3. The molecule has 4 heterocycles. The molecule has 2 fully saturated rings. The van der Waals surface area contributed by atoms with Crippen LogP contribution in [0.5, 0.6) is 0 Å². The lowest BCUT2D eigenvalue weighted by Crippen LogP contribution is -2.50. The number of hydrogen-bond acceptors (Lipinski definition) is 18. The lowest BCUT2D eigenvalue weighted by atomic mass is 9.82. The first-order valence-corrected chi connectivity index (χ1v) is 40.0. The third-order valence-electron chi connectivity index (χ3n) is 21.5. The van der Waals surface area contributed by atoms with Crippen LogP contribution in [0.3, 0.4) is 0 Å². The molecule has 104 heavy (non-hydrogen) atoms. The van der Waals surface area contributed by atoms with Gasteiger partial charge in [-0.25, -0.2) is 9.97 Å². The Hall–Kier alpha value is -6.88. The van der Waals surface area contributed by atoms with E-state index in [1.807, 2.05) is 128 Å². The molecule has 2 aromatic carbocycles. The summed E-state index contributed by atoms with van der Waals surface area (Å²) in [6, 6.07) is 18.1. The number of carbonyl (C=O) groups excluding carboxylic acids is 10. The molecule has 14 atom stereocenters. The summed E-state index contributed by atoms with van der Waals surface area (Å²) in [5.41, 5.74) is 2.51. The van der Waals surface area contributed by atoms with E-state index in [-0.39, 0.29) is 149 Å². The number of ether oxygens (including phenoxy) is 2. The molecule has 2 aliphatic rings. The number of hydrogen-bond donors (Lipinski definition) is 2. The third kappa shape index (κ3) is 27.2. The highest BCUT2D eigenvalue weighted by atomic mass is 32.1. The maximum atomic E-state index is 14.6. The first-order chi connectivity index (χ1) is 49.3. The van der Waals surface area contributed by atoms with Gasteiger partial charge in [-0.15, -0.1) is 22.7 Å². The highest BCUT2D eigenvalue weighted by Crippen LogP contribution is 2.36. The number of thiazole rings is 2. The van der Waals surface area contributed by atoms with Crippen LogP contribution in [0, 0.1) is 47.3 Å². The standard InChI is InChI=1S/C42H64N4O6S.C40H60N4O6S/c1-10-20-46(42(51)34(28(5)11-2)24-38(49)36-19-15-16-21-45(36)9)37(27(3)4)25-39(52-31(8)48)41-44-35(26-53-41)40(50)43-33(22-29(6)30(7)47)23-32-17-13-12-14-18-32;1-10-26(4)32(22-36(47)34-18-14-15-19-43(34)8)40(49)44(9)35(25(2)3)23-37(50-29(7)46)39-42-33(24-51-39)38(48)41-31(20-27(5)28(6)45)21-30-16-12-11-13-17-30/h12-14,17-18,26-29,33-34,36-37,39H,10-11,15-16,19-25H2,1-9H3,(H,43,50);11-13,16-17,24-27,31-32,34-35,37H,10,14-15,18-23H2,1-9H3,(H,41,48)/t28-,29-,33+,34-,36+,37+,39+;26-,27-,31+,32-,34+,35+,37+/m00/s1. The summed E-state index contributed by atoms with van der Waals surface area (Å²) in [5.74, 6) is -2.76. The van der Waals surface area contributed by atoms with Crippen LogP contribution >= 0.6 is 22.7 Å². The Labute approximate surface area is 629 Å². The average Bonchev–Trinajstić information content (AvgIpc) is 1.41. The molecular formula is C82H124N8O12S2. The molecule has 2 saturated heterocycles. The Morgan fingerprint density at radius 2 is 0.923 bits per heavy atom. The molecular weight excluding hydrogens is 1350 g/mol. The molecule has 0 unspecified atom stereocenters. The predicted octanol–water partition coefficient (Wildman–Crippen LogP) is 14.1. The number of Topliss-reactive ketones (excluding diaryl/α,β-unsaturated/α-hetero) is 4. The molecule has 22 heteroatoms. The molecule has 0 saturated carbocycles. The molecule has 0 radical (unpaired) electrons. The van der Waals surface area contributed by atoms with Crippen molar-refractivity contribution in [1.29, 1.82) is 0 Å². The van der Waals surface area contributed by atoms with Crippen molar-refractivity contribution >= 4 is 81.4 Å². The van der Waals surface area contributed by atoms with Crippen molar-refractivity contribution in [2.45, 2.75) is 261 Å². The van der Waals surface area contributed by atoms with Crippen molar-refractivity contribution in [3.05, 3.63) is 104 Å². The molecule has 2 aliphatic heterocycles. The Balaban J connectivity index is 0.000000374. The molecule has 4 amide bonds. The highest BCUT2D eigenvalue weighted by molar-refractivity contribution is 7.10. The molecule has 4 aromatic rings. The molecule has 20 nitrogen and oxygen atoms in total. The van der Waals surface area contributed by atoms with Gasteiger partial charge in [-0.3, -0.25) is 57.7 Å². The summed E-state index contributed by atoms with van der Waals surface area (Å²) in [6.07, 6.45) is 9.66. The molecule has 2 aromatic heterocycles. The van der Waals surface area contributed by atoms with Crippen molar-refractivity contribution in [2.24, 2.45) is 47.3 Å². The lowest BCUT2D eigenvalue weighted by Gasteiger charge is -2.39. The summed E-state index contributed by atoms with van der Waals surface area (Å²) in [5, 5.41) is 10.5. The number of rotatable bonds is 40. The average molecular weight is 1480 g/mol. The minimum atomic E-state index is -0.783. The first kappa shape index (κ1) is 87.8. The van der Waals surface area contributed by atoms with Crippen LogP contribution in [0.4, 0.5) is 0 Å². The molecule has 2 N–H and O–H groups in total. The van der Waals surface area contributed by atoms with Crippen molar-refractivity contribution in [1.82, 2.24) is 40.2 Å². The number of aromatic nitrogens is 2. The minimum Gasteiger partial charge on any atom is -0.455 e. The van der Waals surface area contributed by atoms with E-state index in [0.29, 0.717) is 48.7 Å². The van der Waals surface area contributed by atoms with Gasteiger partial charge in [-0.2, -0.15) is 0 Å². The van der Waals surface area contributed by atoms with Gasteiger partial charge >= 0.3 is 11.9 Å². The second-order valence-corrected chi connectivity index (χ2v) is 32.2. The number of likely N-dealkylation sites (tertiary alicyclic amines) is 2. The zero-order chi connectivity index (χ0) is 77.1. The number of nitrogens with one attached hydrogen (secondary N) is 2. The van der Waals surface area contributed by atoms with Gasteiger partial charge in [-0.1, -0.05) is 163 Å². The summed E-state index contributed by atoms with van der Waals surface area (Å²) in [6.45, 7) is 30.2. The zero-order valence-electron chi connectivity index (χ0n) is 65.7. The maximum absolute atomic E-state index is 14.6. The monoisotopic (exact) mass is 1480 g/mol. The molecule has 0 spiro atoms. The Bertz CT molecular complexity index is 3400. The maximum Gasteiger partial charge on any atom is 0.303 e. The number of esters is 2. The van der Waals surface area contributed by atoms with E-state index < -0.39 is 36.0 Å². The number of carbonyl (C=O) groups is 10. The van der Waals surface area contributed by atoms with E-state index >= 15 is 0 Å². The van der Waals surface area contributed by atoms with E-state index in [9.17, 15) is 47.9 Å². The van der Waals surface area contributed by atoms with Crippen LogP contribution in [-0.2, 0) is 60.7 Å². The minimum absolute atomic E-state index is 0.000452. The zero-order valence-corrected chi connectivity index (χ0v) is 67.3. The fourth-order valence-electron chi connectivity index (χ4n) is 14.5. The Morgan fingerprint density at radius 1 is 0.538 bits per heavy atom. The van der Waals surface area contributed by atoms with Gasteiger partial charge in [-0.05, 0) is 134 Å². The number of ketones is 4. The topological polar surface area (TPSA) is 252 Å². The van der Waals surface area contributed by atoms with Gasteiger partial charge in [0.05, 0.1) is 12.1 Å². The van der Waals surface area contributed by atoms with Crippen LogP contribution in [0.2, 0.25) is 0 Å². The van der Waals surface area contributed by atoms with Gasteiger partial charge in [0.2, 0.25) is 11.8 Å². The Kier molecular flexibility index (Phi) is 36.8. The van der Waals surface area contributed by atoms with Crippen LogP contribution in [0.25, 0.3) is 0 Å². The van der Waals surface area contributed by atoms with Crippen molar-refractivity contribution < 1.29 is 57.4 Å².